The minimum absolute atomic E-state index is 0.270. The minimum atomic E-state index is -0.318. The van der Waals surface area contributed by atoms with Gasteiger partial charge in [0.05, 0.1) is 10.2 Å². The van der Waals surface area contributed by atoms with Gasteiger partial charge in [-0.05, 0) is 24.3 Å². The van der Waals surface area contributed by atoms with E-state index in [-0.39, 0.29) is 16.8 Å². The lowest BCUT2D eigenvalue weighted by Gasteiger charge is -2.00. The highest BCUT2D eigenvalue weighted by atomic mass is 35.5. The van der Waals surface area contributed by atoms with Gasteiger partial charge in [0.1, 0.15) is 10.8 Å². The van der Waals surface area contributed by atoms with E-state index in [1.54, 1.807) is 18.2 Å². The third kappa shape index (κ3) is 2.57. The van der Waals surface area contributed by atoms with Crippen LogP contribution in [0.3, 0.4) is 0 Å². The molecule has 0 aliphatic rings. The molecule has 3 aromatic rings. The molecule has 2 aromatic heterocycles. The highest BCUT2D eigenvalue weighted by molar-refractivity contribution is 7.22. The van der Waals surface area contributed by atoms with Crippen molar-refractivity contribution < 1.29 is 4.79 Å². The molecule has 0 radical (unpaired) electrons. The zero-order valence-corrected chi connectivity index (χ0v) is 11.2. The number of rotatable bonds is 2. The molecule has 94 valence electrons. The Bertz CT molecular complexity index is 723. The lowest BCUT2D eigenvalue weighted by atomic mass is 10.3. The molecule has 2 heterocycles. The quantitative estimate of drug-likeness (QED) is 0.733. The van der Waals surface area contributed by atoms with Gasteiger partial charge in [0.15, 0.2) is 5.13 Å². The van der Waals surface area contributed by atoms with Crippen LogP contribution in [0, 0.1) is 0 Å². The van der Waals surface area contributed by atoms with Crippen molar-refractivity contribution >= 4 is 44.2 Å². The zero-order chi connectivity index (χ0) is 13.2. The van der Waals surface area contributed by atoms with E-state index >= 15 is 0 Å². The maximum Gasteiger partial charge on any atom is 0.276 e. The first kappa shape index (κ1) is 12.1. The van der Waals surface area contributed by atoms with Gasteiger partial charge >= 0.3 is 0 Å². The number of carbonyl (C=O) groups is 1. The van der Waals surface area contributed by atoms with Gasteiger partial charge in [-0.2, -0.15) is 0 Å². The maximum atomic E-state index is 12.0. The number of nitrogens with zero attached hydrogens (tertiary/aromatic N) is 2. The topological polar surface area (TPSA) is 54.9 Å². The molecule has 1 amide bonds. The average Bonchev–Trinajstić information content (AvgIpc) is 2.80. The Morgan fingerprint density at radius 1 is 1.11 bits per heavy atom. The monoisotopic (exact) mass is 289 g/mol. The molecule has 0 bridgehead atoms. The molecule has 1 N–H and O–H groups in total. The molecule has 6 heteroatoms. The van der Waals surface area contributed by atoms with Crippen LogP contribution in [0.2, 0.25) is 5.15 Å². The van der Waals surface area contributed by atoms with Crippen molar-refractivity contribution in [3.05, 3.63) is 53.3 Å². The fourth-order valence-electron chi connectivity index (χ4n) is 1.62. The van der Waals surface area contributed by atoms with Gasteiger partial charge in [0, 0.05) is 0 Å². The van der Waals surface area contributed by atoms with E-state index < -0.39 is 0 Å². The second-order valence-electron chi connectivity index (χ2n) is 3.79. The number of hydrogen-bond donors (Lipinski definition) is 1. The molecule has 0 spiro atoms. The van der Waals surface area contributed by atoms with Crippen LogP contribution >= 0.6 is 22.9 Å². The first-order chi connectivity index (χ1) is 9.22. The number of anilines is 1. The van der Waals surface area contributed by atoms with Gasteiger partial charge < -0.3 is 0 Å². The summed E-state index contributed by atoms with van der Waals surface area (Å²) in [4.78, 5) is 20.3. The molecule has 0 aliphatic carbocycles. The summed E-state index contributed by atoms with van der Waals surface area (Å²) >= 11 is 7.17. The van der Waals surface area contributed by atoms with Crippen LogP contribution in [-0.4, -0.2) is 15.9 Å². The highest BCUT2D eigenvalue weighted by Gasteiger charge is 2.11. The molecule has 0 atom stereocenters. The first-order valence-corrected chi connectivity index (χ1v) is 6.71. The summed E-state index contributed by atoms with van der Waals surface area (Å²) in [5, 5.41) is 3.56. The predicted molar refractivity (Wildman–Crippen MR) is 76.8 cm³/mol. The summed E-state index contributed by atoms with van der Waals surface area (Å²) in [6.07, 6.45) is 0. The SMILES string of the molecule is O=C(Nc1nc2ccccc2s1)c1cccc(Cl)n1. The Balaban J connectivity index is 1.86. The molecule has 0 saturated heterocycles. The van der Waals surface area contributed by atoms with Gasteiger partial charge in [-0.15, -0.1) is 0 Å². The second kappa shape index (κ2) is 4.95. The molecule has 3 rings (SSSR count). The summed E-state index contributed by atoms with van der Waals surface area (Å²) in [5.74, 6) is -0.318. The smallest absolute Gasteiger partial charge is 0.276 e. The summed E-state index contributed by atoms with van der Waals surface area (Å²) < 4.78 is 1.02. The fraction of sp³-hybridized carbons (Fsp3) is 0. The normalized spacial score (nSPS) is 10.6. The van der Waals surface area contributed by atoms with Crippen molar-refractivity contribution in [2.75, 3.05) is 5.32 Å². The number of aromatic nitrogens is 2. The number of benzene rings is 1. The third-order valence-electron chi connectivity index (χ3n) is 2.46. The number of thiazole rings is 1. The summed E-state index contributed by atoms with van der Waals surface area (Å²) in [6.45, 7) is 0. The molecule has 0 saturated carbocycles. The van der Waals surface area contributed by atoms with E-state index in [1.807, 2.05) is 24.3 Å². The minimum Gasteiger partial charge on any atom is -0.296 e. The summed E-state index contributed by atoms with van der Waals surface area (Å²) in [7, 11) is 0. The van der Waals surface area contributed by atoms with Crippen LogP contribution in [0.4, 0.5) is 5.13 Å². The van der Waals surface area contributed by atoms with Crippen molar-refractivity contribution in [2.24, 2.45) is 0 Å². The summed E-state index contributed by atoms with van der Waals surface area (Å²) in [6, 6.07) is 12.6. The van der Waals surface area contributed by atoms with Gasteiger partial charge in [-0.25, -0.2) is 9.97 Å². The number of nitrogens with one attached hydrogen (secondary N) is 1. The van der Waals surface area contributed by atoms with Crippen LogP contribution < -0.4 is 5.32 Å². The first-order valence-electron chi connectivity index (χ1n) is 5.52. The van der Waals surface area contributed by atoms with Crippen LogP contribution in [0.25, 0.3) is 10.2 Å². The van der Waals surface area contributed by atoms with E-state index in [1.165, 1.54) is 11.3 Å². The van der Waals surface area contributed by atoms with Gasteiger partial charge in [0.2, 0.25) is 0 Å². The van der Waals surface area contributed by atoms with Crippen LogP contribution in [0.1, 0.15) is 10.5 Å². The number of fused-ring (bicyclic) bond motifs is 1. The van der Waals surface area contributed by atoms with Crippen molar-refractivity contribution in [1.82, 2.24) is 9.97 Å². The lowest BCUT2D eigenvalue weighted by Crippen LogP contribution is -2.13. The van der Waals surface area contributed by atoms with Gasteiger partial charge in [0.25, 0.3) is 5.91 Å². The van der Waals surface area contributed by atoms with E-state index in [9.17, 15) is 4.79 Å². The fourth-order valence-corrected chi connectivity index (χ4v) is 2.65. The molecular weight excluding hydrogens is 282 g/mol. The van der Waals surface area contributed by atoms with E-state index in [4.69, 9.17) is 11.6 Å². The Morgan fingerprint density at radius 3 is 2.74 bits per heavy atom. The highest BCUT2D eigenvalue weighted by Crippen LogP contribution is 2.25. The Labute approximate surface area is 118 Å². The van der Waals surface area contributed by atoms with Crippen molar-refractivity contribution in [3.63, 3.8) is 0 Å². The van der Waals surface area contributed by atoms with Crippen molar-refractivity contribution in [2.45, 2.75) is 0 Å². The number of amides is 1. The molecule has 19 heavy (non-hydrogen) atoms. The molecule has 4 nitrogen and oxygen atoms in total. The van der Waals surface area contributed by atoms with Crippen molar-refractivity contribution in [1.29, 1.82) is 0 Å². The zero-order valence-electron chi connectivity index (χ0n) is 9.63. The Morgan fingerprint density at radius 2 is 1.95 bits per heavy atom. The van der Waals surface area contributed by atoms with Crippen LogP contribution in [-0.2, 0) is 0 Å². The van der Waals surface area contributed by atoms with Crippen molar-refractivity contribution in [3.8, 4) is 0 Å². The molecule has 0 unspecified atom stereocenters. The Kier molecular flexibility index (Phi) is 3.15. The summed E-state index contributed by atoms with van der Waals surface area (Å²) in [5.41, 5.74) is 1.13. The average molecular weight is 290 g/mol. The molecule has 0 aliphatic heterocycles. The Hall–Kier alpha value is -1.98. The van der Waals surface area contributed by atoms with Gasteiger partial charge in [-0.3, -0.25) is 10.1 Å². The standard InChI is InChI=1S/C13H8ClN3OS/c14-11-7-3-5-9(15-11)12(18)17-13-16-8-4-1-2-6-10(8)19-13/h1-7H,(H,16,17,18). The molecule has 0 fully saturated rings. The van der Waals surface area contributed by atoms with Gasteiger partial charge in [-0.1, -0.05) is 41.1 Å². The lowest BCUT2D eigenvalue weighted by molar-refractivity contribution is 0.102. The number of pyridine rings is 1. The largest absolute Gasteiger partial charge is 0.296 e. The van der Waals surface area contributed by atoms with Crippen LogP contribution in [0.15, 0.2) is 42.5 Å². The van der Waals surface area contributed by atoms with E-state index in [0.29, 0.717) is 5.13 Å². The van der Waals surface area contributed by atoms with E-state index in [2.05, 4.69) is 15.3 Å². The maximum absolute atomic E-state index is 12.0. The van der Waals surface area contributed by atoms with E-state index in [0.717, 1.165) is 10.2 Å². The third-order valence-corrected chi connectivity index (χ3v) is 3.62. The number of carbonyl (C=O) groups excluding carboxylic acids is 1. The number of halogens is 1. The second-order valence-corrected chi connectivity index (χ2v) is 5.20. The molecule has 1 aromatic carbocycles. The number of hydrogen-bond acceptors (Lipinski definition) is 4. The molecular formula is C13H8ClN3OS. The van der Waals surface area contributed by atoms with Crippen LogP contribution in [0.5, 0.6) is 0 Å². The number of para-hydroxylation sites is 1. The predicted octanol–water partition coefficient (Wildman–Crippen LogP) is 3.60.